The monoisotopic (exact) mass is 305 g/mol. The number of carboxylic acid groups (broad SMARTS) is 1. The van der Waals surface area contributed by atoms with Crippen LogP contribution in [0.2, 0.25) is 0 Å². The molecule has 8 nitrogen and oxygen atoms in total. The molecule has 0 bridgehead atoms. The number of benzene rings is 1. The fourth-order valence-electron chi connectivity index (χ4n) is 1.89. The first-order valence-electron chi connectivity index (χ1n) is 6.64. The lowest BCUT2D eigenvalue weighted by atomic mass is 10.1. The Morgan fingerprint density at radius 2 is 1.86 bits per heavy atom. The van der Waals surface area contributed by atoms with Gasteiger partial charge in [-0.15, -0.1) is 0 Å². The van der Waals surface area contributed by atoms with E-state index in [-0.39, 0.29) is 30.2 Å². The molecule has 0 radical (unpaired) electrons. The van der Waals surface area contributed by atoms with Gasteiger partial charge in [0.15, 0.2) is 0 Å². The highest BCUT2D eigenvalue weighted by Gasteiger charge is 2.24. The van der Waals surface area contributed by atoms with Crippen molar-refractivity contribution in [2.24, 2.45) is 0 Å². The average molecular weight is 305 g/mol. The standard InChI is InChI=1S/C14H15N3O5/c1-8(14(21)22)15-13(20)9-2-4-10(5-3-9)17-12(19)7-6-11(18)16-17/h2-5,8H,6-7H2,1H3,(H,15,20)(H,16,18)(H,21,22)/t8-/m0/s1. The van der Waals surface area contributed by atoms with E-state index in [0.29, 0.717) is 5.69 Å². The predicted octanol–water partition coefficient (Wildman–Crippen LogP) is 0.0475. The molecule has 1 atom stereocenters. The third-order valence-corrected chi connectivity index (χ3v) is 3.16. The SMILES string of the molecule is C[C@H](NC(=O)c1ccc(N2NC(=O)CCC2=O)cc1)C(=O)O. The number of anilines is 1. The van der Waals surface area contributed by atoms with Crippen LogP contribution in [0.1, 0.15) is 30.1 Å². The Kier molecular flexibility index (Phi) is 4.40. The van der Waals surface area contributed by atoms with E-state index in [4.69, 9.17) is 5.11 Å². The van der Waals surface area contributed by atoms with Crippen molar-refractivity contribution in [1.29, 1.82) is 0 Å². The molecule has 1 aliphatic heterocycles. The van der Waals surface area contributed by atoms with E-state index in [1.54, 1.807) is 0 Å². The highest BCUT2D eigenvalue weighted by Crippen LogP contribution is 2.17. The Hall–Kier alpha value is -2.90. The van der Waals surface area contributed by atoms with E-state index in [1.165, 1.54) is 31.2 Å². The van der Waals surface area contributed by atoms with Gasteiger partial charge in [0, 0.05) is 18.4 Å². The van der Waals surface area contributed by atoms with E-state index in [0.717, 1.165) is 5.01 Å². The normalized spacial score (nSPS) is 16.0. The summed E-state index contributed by atoms with van der Waals surface area (Å²) in [6.45, 7) is 1.36. The Morgan fingerprint density at radius 1 is 1.23 bits per heavy atom. The Morgan fingerprint density at radius 3 is 2.45 bits per heavy atom. The molecule has 0 spiro atoms. The van der Waals surface area contributed by atoms with Crippen molar-refractivity contribution in [3.05, 3.63) is 29.8 Å². The number of carbonyl (C=O) groups is 4. The van der Waals surface area contributed by atoms with Crippen LogP contribution in [0.15, 0.2) is 24.3 Å². The van der Waals surface area contributed by atoms with Gasteiger partial charge in [-0.25, -0.2) is 5.01 Å². The molecule has 0 unspecified atom stereocenters. The van der Waals surface area contributed by atoms with Crippen molar-refractivity contribution in [1.82, 2.24) is 10.7 Å². The number of hydrazine groups is 1. The molecule has 0 aromatic heterocycles. The molecule has 8 heteroatoms. The minimum Gasteiger partial charge on any atom is -0.480 e. The maximum atomic E-state index is 11.8. The molecular formula is C14H15N3O5. The van der Waals surface area contributed by atoms with Crippen LogP contribution in [0.4, 0.5) is 5.69 Å². The van der Waals surface area contributed by atoms with E-state index in [2.05, 4.69) is 10.7 Å². The molecule has 0 aliphatic carbocycles. The molecule has 3 amide bonds. The highest BCUT2D eigenvalue weighted by atomic mass is 16.4. The molecule has 22 heavy (non-hydrogen) atoms. The molecule has 3 N–H and O–H groups in total. The van der Waals surface area contributed by atoms with Crippen LogP contribution in [-0.4, -0.2) is 34.8 Å². The number of nitrogens with zero attached hydrogens (tertiary/aromatic N) is 1. The molecule has 2 rings (SSSR count). The zero-order valence-electron chi connectivity index (χ0n) is 11.8. The summed E-state index contributed by atoms with van der Waals surface area (Å²) >= 11 is 0. The number of carboxylic acids is 1. The fraction of sp³-hybridized carbons (Fsp3) is 0.286. The smallest absolute Gasteiger partial charge is 0.325 e. The van der Waals surface area contributed by atoms with Crippen molar-refractivity contribution >= 4 is 29.4 Å². The third-order valence-electron chi connectivity index (χ3n) is 3.16. The summed E-state index contributed by atoms with van der Waals surface area (Å²) in [6.07, 6.45) is 0.285. The van der Waals surface area contributed by atoms with Gasteiger partial charge in [-0.2, -0.15) is 0 Å². The van der Waals surface area contributed by atoms with Crippen LogP contribution in [0.5, 0.6) is 0 Å². The van der Waals surface area contributed by atoms with Gasteiger partial charge in [0.2, 0.25) is 11.8 Å². The van der Waals surface area contributed by atoms with E-state index < -0.39 is 17.9 Å². The first-order valence-corrected chi connectivity index (χ1v) is 6.64. The van der Waals surface area contributed by atoms with Gasteiger partial charge in [-0.05, 0) is 31.2 Å². The minimum atomic E-state index is -1.13. The summed E-state index contributed by atoms with van der Waals surface area (Å²) in [7, 11) is 0. The summed E-state index contributed by atoms with van der Waals surface area (Å²) in [4.78, 5) is 45.6. The van der Waals surface area contributed by atoms with Crippen molar-refractivity contribution in [2.75, 3.05) is 5.01 Å². The van der Waals surface area contributed by atoms with Crippen molar-refractivity contribution in [3.8, 4) is 0 Å². The molecule has 1 heterocycles. The second-order valence-corrected chi connectivity index (χ2v) is 4.84. The first kappa shape index (κ1) is 15.5. The lowest BCUT2D eigenvalue weighted by molar-refractivity contribution is -0.138. The number of rotatable bonds is 4. The summed E-state index contributed by atoms with van der Waals surface area (Å²) in [6, 6.07) is 4.91. The lowest BCUT2D eigenvalue weighted by Crippen LogP contribution is -2.50. The number of nitrogens with one attached hydrogen (secondary N) is 2. The van der Waals surface area contributed by atoms with E-state index in [9.17, 15) is 19.2 Å². The van der Waals surface area contributed by atoms with Crippen molar-refractivity contribution in [3.63, 3.8) is 0 Å². The third kappa shape index (κ3) is 3.40. The van der Waals surface area contributed by atoms with Gasteiger partial charge in [0.05, 0.1) is 5.69 Å². The maximum Gasteiger partial charge on any atom is 0.325 e. The lowest BCUT2D eigenvalue weighted by Gasteiger charge is -2.27. The van der Waals surface area contributed by atoms with E-state index in [1.807, 2.05) is 0 Å². The molecule has 1 aromatic rings. The largest absolute Gasteiger partial charge is 0.480 e. The minimum absolute atomic E-state index is 0.129. The zero-order chi connectivity index (χ0) is 16.3. The van der Waals surface area contributed by atoms with Gasteiger partial charge >= 0.3 is 5.97 Å². The molecule has 116 valence electrons. The predicted molar refractivity (Wildman–Crippen MR) is 75.9 cm³/mol. The Labute approximate surface area is 126 Å². The summed E-state index contributed by atoms with van der Waals surface area (Å²) in [5.74, 6) is -2.16. The van der Waals surface area contributed by atoms with E-state index >= 15 is 0 Å². The molecule has 1 aliphatic rings. The van der Waals surface area contributed by atoms with Crippen LogP contribution in [-0.2, 0) is 14.4 Å². The number of aliphatic carboxylic acids is 1. The molecular weight excluding hydrogens is 290 g/mol. The van der Waals surface area contributed by atoms with Gasteiger partial charge in [0.1, 0.15) is 6.04 Å². The zero-order valence-corrected chi connectivity index (χ0v) is 11.8. The molecule has 1 aromatic carbocycles. The Balaban J connectivity index is 2.09. The van der Waals surface area contributed by atoms with Gasteiger partial charge < -0.3 is 10.4 Å². The number of carbonyl (C=O) groups excluding carboxylic acids is 3. The molecule has 1 saturated heterocycles. The molecule has 1 fully saturated rings. The van der Waals surface area contributed by atoms with Gasteiger partial charge in [-0.1, -0.05) is 0 Å². The van der Waals surface area contributed by atoms with Crippen molar-refractivity contribution < 1.29 is 24.3 Å². The summed E-state index contributed by atoms with van der Waals surface area (Å²) in [5.41, 5.74) is 3.13. The van der Waals surface area contributed by atoms with Crippen LogP contribution in [0, 0.1) is 0 Å². The maximum absolute atomic E-state index is 11.8. The van der Waals surface area contributed by atoms with Crippen LogP contribution >= 0.6 is 0 Å². The summed E-state index contributed by atoms with van der Waals surface area (Å²) in [5, 5.41) is 12.2. The summed E-state index contributed by atoms with van der Waals surface area (Å²) < 4.78 is 0. The number of hydrogen-bond donors (Lipinski definition) is 3. The second-order valence-electron chi connectivity index (χ2n) is 4.84. The molecule has 0 saturated carbocycles. The number of amides is 3. The number of hydrogen-bond acceptors (Lipinski definition) is 4. The van der Waals surface area contributed by atoms with Crippen LogP contribution < -0.4 is 15.8 Å². The van der Waals surface area contributed by atoms with Crippen LogP contribution in [0.3, 0.4) is 0 Å². The Bertz CT molecular complexity index is 626. The second kappa shape index (κ2) is 6.25. The van der Waals surface area contributed by atoms with Gasteiger partial charge in [-0.3, -0.25) is 24.6 Å². The first-order chi connectivity index (χ1) is 10.4. The van der Waals surface area contributed by atoms with Crippen LogP contribution in [0.25, 0.3) is 0 Å². The topological polar surface area (TPSA) is 116 Å². The quantitative estimate of drug-likeness (QED) is 0.726. The fourth-order valence-corrected chi connectivity index (χ4v) is 1.89. The van der Waals surface area contributed by atoms with Gasteiger partial charge in [0.25, 0.3) is 5.91 Å². The highest BCUT2D eigenvalue weighted by molar-refractivity contribution is 6.02. The van der Waals surface area contributed by atoms with Crippen molar-refractivity contribution in [2.45, 2.75) is 25.8 Å². The average Bonchev–Trinajstić information content (AvgIpc) is 2.49.